The first-order chi connectivity index (χ1) is 14.4. The Hall–Kier alpha value is -2.64. The quantitative estimate of drug-likeness (QED) is 0.574. The van der Waals surface area contributed by atoms with Gasteiger partial charge in [-0.3, -0.25) is 0 Å². The molecule has 170 valence electrons. The zero-order valence-electron chi connectivity index (χ0n) is 17.7. The van der Waals surface area contributed by atoms with Gasteiger partial charge in [0.2, 0.25) is 5.95 Å². The van der Waals surface area contributed by atoms with Crippen molar-refractivity contribution in [1.82, 2.24) is 24.9 Å². The fraction of sp³-hybridized carbons (Fsp3) is 0.429. The average Bonchev–Trinajstić information content (AvgIpc) is 3.14. The Bertz CT molecular complexity index is 1120. The van der Waals surface area contributed by atoms with Gasteiger partial charge in [-0.15, -0.1) is 24.8 Å². The van der Waals surface area contributed by atoms with Gasteiger partial charge in [-0.2, -0.15) is 10.4 Å². The molecule has 0 aromatic carbocycles. The van der Waals surface area contributed by atoms with E-state index in [4.69, 9.17) is 4.74 Å². The number of anilines is 1. The Kier molecular flexibility index (Phi) is 6.81. The smallest absolute Gasteiger partial charge is 0.225 e. The van der Waals surface area contributed by atoms with Crippen molar-refractivity contribution in [3.63, 3.8) is 0 Å². The van der Waals surface area contributed by atoms with Crippen molar-refractivity contribution in [3.05, 3.63) is 36.4 Å². The van der Waals surface area contributed by atoms with E-state index in [0.29, 0.717) is 28.9 Å². The third kappa shape index (κ3) is 4.59. The zero-order valence-corrected chi connectivity index (χ0v) is 19.4. The van der Waals surface area contributed by atoms with Gasteiger partial charge in [0, 0.05) is 48.7 Å². The van der Waals surface area contributed by atoms with Gasteiger partial charge >= 0.3 is 0 Å². The van der Waals surface area contributed by atoms with Crippen LogP contribution in [0.2, 0.25) is 0 Å². The van der Waals surface area contributed by atoms with Crippen molar-refractivity contribution in [2.24, 2.45) is 0 Å². The van der Waals surface area contributed by atoms with Crippen molar-refractivity contribution < 1.29 is 9.84 Å². The molecule has 3 aliphatic heterocycles. The van der Waals surface area contributed by atoms with E-state index in [1.54, 1.807) is 37.0 Å². The van der Waals surface area contributed by atoms with Crippen molar-refractivity contribution in [1.29, 1.82) is 5.26 Å². The SMILES string of the molecule is CC(C)(O)COc1cc(-c2cnc(N3CC4CC(C3)N4)nc2)c2c(C#N)cnn2c1.Cl.Cl. The van der Waals surface area contributed by atoms with Gasteiger partial charge < -0.3 is 20.1 Å². The molecule has 0 amide bonds. The molecule has 0 spiro atoms. The molecule has 2 atom stereocenters. The summed E-state index contributed by atoms with van der Waals surface area (Å²) in [7, 11) is 0. The second-order valence-electron chi connectivity index (χ2n) is 8.63. The normalized spacial score (nSPS) is 19.4. The summed E-state index contributed by atoms with van der Waals surface area (Å²) in [4.78, 5) is 11.4. The van der Waals surface area contributed by atoms with Gasteiger partial charge in [0.05, 0.1) is 29.1 Å². The van der Waals surface area contributed by atoms with Gasteiger partial charge in [-0.1, -0.05) is 0 Å². The topological polar surface area (TPSA) is 112 Å². The van der Waals surface area contributed by atoms with Gasteiger partial charge in [-0.25, -0.2) is 14.5 Å². The molecule has 6 heterocycles. The number of ether oxygens (including phenoxy) is 1. The van der Waals surface area contributed by atoms with Crippen LogP contribution >= 0.6 is 24.8 Å². The molecule has 2 unspecified atom stereocenters. The largest absolute Gasteiger partial charge is 0.489 e. The van der Waals surface area contributed by atoms with E-state index in [1.807, 2.05) is 6.07 Å². The fourth-order valence-corrected chi connectivity index (χ4v) is 4.04. The highest BCUT2D eigenvalue weighted by Gasteiger charge is 2.37. The van der Waals surface area contributed by atoms with Crippen LogP contribution in [-0.4, -0.2) is 62.1 Å². The molecule has 0 saturated carbocycles. The molecule has 3 fully saturated rings. The van der Waals surface area contributed by atoms with Crippen LogP contribution in [0, 0.1) is 11.3 Å². The van der Waals surface area contributed by atoms with Crippen LogP contribution in [0.4, 0.5) is 5.95 Å². The maximum atomic E-state index is 9.98. The monoisotopic (exact) mass is 477 g/mol. The fourth-order valence-electron chi connectivity index (χ4n) is 4.04. The number of hydrogen-bond acceptors (Lipinski definition) is 8. The van der Waals surface area contributed by atoms with E-state index < -0.39 is 5.60 Å². The Morgan fingerprint density at radius 3 is 2.47 bits per heavy atom. The van der Waals surface area contributed by atoms with E-state index in [2.05, 4.69) is 31.4 Å². The number of nitriles is 1. The summed E-state index contributed by atoms with van der Waals surface area (Å²) < 4.78 is 7.39. The minimum Gasteiger partial charge on any atom is -0.489 e. The Morgan fingerprint density at radius 2 is 1.88 bits per heavy atom. The highest BCUT2D eigenvalue weighted by atomic mass is 35.5. The molecule has 3 aromatic rings. The predicted molar refractivity (Wildman–Crippen MR) is 125 cm³/mol. The lowest BCUT2D eigenvalue weighted by Crippen LogP contribution is -2.67. The molecule has 11 heteroatoms. The lowest BCUT2D eigenvalue weighted by molar-refractivity contribution is 0.0283. The Labute approximate surface area is 198 Å². The second kappa shape index (κ2) is 9.08. The molecular weight excluding hydrogens is 453 g/mol. The minimum absolute atomic E-state index is 0. The van der Waals surface area contributed by atoms with E-state index in [1.165, 1.54) is 12.6 Å². The lowest BCUT2D eigenvalue weighted by Gasteiger charge is -2.48. The molecule has 32 heavy (non-hydrogen) atoms. The zero-order chi connectivity index (χ0) is 20.9. The summed E-state index contributed by atoms with van der Waals surface area (Å²) in [6.07, 6.45) is 8.01. The molecule has 6 rings (SSSR count). The molecule has 9 nitrogen and oxygen atoms in total. The van der Waals surface area contributed by atoms with E-state index in [0.717, 1.165) is 30.2 Å². The van der Waals surface area contributed by atoms with Crippen LogP contribution in [0.1, 0.15) is 25.8 Å². The molecule has 3 saturated heterocycles. The number of rotatable bonds is 5. The van der Waals surface area contributed by atoms with E-state index >= 15 is 0 Å². The number of piperidine rings is 1. The predicted octanol–water partition coefficient (Wildman–Crippen LogP) is 2.21. The number of pyridine rings is 1. The molecule has 3 aliphatic rings. The van der Waals surface area contributed by atoms with Crippen molar-refractivity contribution >= 4 is 36.3 Å². The van der Waals surface area contributed by atoms with Crippen LogP contribution in [0.3, 0.4) is 0 Å². The van der Waals surface area contributed by atoms with E-state index in [9.17, 15) is 10.4 Å². The summed E-state index contributed by atoms with van der Waals surface area (Å²) in [6, 6.07) is 5.08. The van der Waals surface area contributed by atoms with E-state index in [-0.39, 0.29) is 31.4 Å². The number of hydrogen-bond donors (Lipinski definition) is 2. The molecular formula is C21H25Cl2N7O2. The third-order valence-corrected chi connectivity index (χ3v) is 5.45. The number of nitrogens with one attached hydrogen (secondary N) is 1. The Morgan fingerprint density at radius 1 is 1.22 bits per heavy atom. The van der Waals surface area contributed by atoms with Crippen LogP contribution < -0.4 is 15.0 Å². The van der Waals surface area contributed by atoms with Gasteiger partial charge in [0.25, 0.3) is 0 Å². The highest BCUT2D eigenvalue weighted by Crippen LogP contribution is 2.31. The second-order valence-corrected chi connectivity index (χ2v) is 8.63. The van der Waals surface area contributed by atoms with Crippen molar-refractivity contribution in [2.75, 3.05) is 24.6 Å². The number of halogens is 2. The standard InChI is InChI=1S/C21H23N7O2.2ClH/c1-21(2,29)12-30-17-4-18(19-13(5-22)8-25-28(19)11-17)14-6-23-20(24-7-14)27-9-15-3-16(10-27)26-15;;/h4,6-8,11,15-16,26,29H,3,9-10,12H2,1-2H3;2*1H. The van der Waals surface area contributed by atoms with Crippen LogP contribution in [0.15, 0.2) is 30.9 Å². The average molecular weight is 478 g/mol. The first-order valence-corrected chi connectivity index (χ1v) is 10.00. The number of fused-ring (bicyclic) bond motifs is 3. The molecule has 0 radical (unpaired) electrons. The summed E-state index contributed by atoms with van der Waals surface area (Å²) in [5.74, 6) is 1.26. The number of piperazine rings is 1. The maximum Gasteiger partial charge on any atom is 0.225 e. The van der Waals surface area contributed by atoms with Crippen LogP contribution in [-0.2, 0) is 0 Å². The first-order valence-electron chi connectivity index (χ1n) is 10.00. The van der Waals surface area contributed by atoms with Gasteiger partial charge in [0.15, 0.2) is 0 Å². The number of aliphatic hydroxyl groups is 1. The lowest BCUT2D eigenvalue weighted by atomic mass is 9.92. The summed E-state index contributed by atoms with van der Waals surface area (Å²) in [6.45, 7) is 5.33. The molecule has 2 bridgehead atoms. The van der Waals surface area contributed by atoms with Crippen LogP contribution in [0.5, 0.6) is 5.75 Å². The highest BCUT2D eigenvalue weighted by molar-refractivity contribution is 5.86. The summed E-state index contributed by atoms with van der Waals surface area (Å²) in [5, 5.41) is 27.3. The molecule has 3 aromatic heterocycles. The minimum atomic E-state index is -0.966. The maximum absolute atomic E-state index is 9.98. The number of nitrogens with zero attached hydrogens (tertiary/aromatic N) is 6. The number of aromatic nitrogens is 4. The molecule has 2 N–H and O–H groups in total. The third-order valence-electron chi connectivity index (χ3n) is 5.45. The van der Waals surface area contributed by atoms with Gasteiger partial charge in [0.1, 0.15) is 18.4 Å². The van der Waals surface area contributed by atoms with Gasteiger partial charge in [-0.05, 0) is 26.3 Å². The molecule has 0 aliphatic carbocycles. The first kappa shape index (κ1) is 24.0. The van der Waals surface area contributed by atoms with Crippen molar-refractivity contribution in [2.45, 2.75) is 38.0 Å². The summed E-state index contributed by atoms with van der Waals surface area (Å²) in [5.41, 5.74) is 1.70. The van der Waals surface area contributed by atoms with Crippen LogP contribution in [0.25, 0.3) is 16.6 Å². The Balaban J connectivity index is 0.00000144. The summed E-state index contributed by atoms with van der Waals surface area (Å²) >= 11 is 0. The van der Waals surface area contributed by atoms with Crippen molar-refractivity contribution in [3.8, 4) is 22.9 Å².